The Kier molecular flexibility index (Phi) is 3.11. The van der Waals surface area contributed by atoms with E-state index in [4.69, 9.17) is 0 Å². The number of thiophene rings is 1. The summed E-state index contributed by atoms with van der Waals surface area (Å²) >= 11 is 4.64. The normalized spacial score (nSPS) is 9.58. The average molecular weight is 250 g/mol. The van der Waals surface area contributed by atoms with Crippen molar-refractivity contribution in [1.29, 1.82) is 0 Å². The molecule has 1 aromatic rings. The van der Waals surface area contributed by atoms with Gasteiger partial charge in [0.25, 0.3) is 0 Å². The van der Waals surface area contributed by atoms with Gasteiger partial charge in [-0.3, -0.25) is 0 Å². The van der Waals surface area contributed by atoms with Crippen molar-refractivity contribution < 1.29 is 9.53 Å². The van der Waals surface area contributed by atoms with Gasteiger partial charge in [-0.2, -0.15) is 0 Å². The maximum absolute atomic E-state index is 11.1. The highest BCUT2D eigenvalue weighted by atomic mass is 79.9. The molecule has 1 aromatic heterocycles. The first kappa shape index (κ1) is 9.54. The highest BCUT2D eigenvalue weighted by molar-refractivity contribution is 9.11. The Balaban J connectivity index is 3.04. The molecule has 0 spiro atoms. The summed E-state index contributed by atoms with van der Waals surface area (Å²) in [6.45, 7) is 0. The monoisotopic (exact) mass is 249 g/mol. The van der Waals surface area contributed by atoms with Gasteiger partial charge >= 0.3 is 5.97 Å². The first-order valence-corrected chi connectivity index (χ1v) is 4.85. The van der Waals surface area contributed by atoms with Gasteiger partial charge in [0.15, 0.2) is 0 Å². The van der Waals surface area contributed by atoms with Crippen molar-refractivity contribution in [2.45, 2.75) is 0 Å². The Morgan fingerprint density at radius 2 is 2.42 bits per heavy atom. The van der Waals surface area contributed by atoms with E-state index in [-0.39, 0.29) is 5.97 Å². The van der Waals surface area contributed by atoms with E-state index in [1.165, 1.54) is 18.4 Å². The molecule has 1 rings (SSSR count). The molecule has 0 atom stereocenters. The number of hydrogen-bond acceptors (Lipinski definition) is 4. The van der Waals surface area contributed by atoms with Gasteiger partial charge in [0, 0.05) is 7.05 Å². The second kappa shape index (κ2) is 3.91. The summed E-state index contributed by atoms with van der Waals surface area (Å²) in [6.07, 6.45) is 0. The van der Waals surface area contributed by atoms with E-state index in [2.05, 4.69) is 26.0 Å². The summed E-state index contributed by atoms with van der Waals surface area (Å²) in [5, 5.41) is 2.91. The minimum absolute atomic E-state index is 0.310. The van der Waals surface area contributed by atoms with Gasteiger partial charge in [-0.1, -0.05) is 0 Å². The maximum Gasteiger partial charge on any atom is 0.350 e. The van der Waals surface area contributed by atoms with Crippen LogP contribution in [0.15, 0.2) is 9.85 Å². The van der Waals surface area contributed by atoms with Crippen molar-refractivity contribution in [3.63, 3.8) is 0 Å². The fraction of sp³-hybridized carbons (Fsp3) is 0.286. The topological polar surface area (TPSA) is 38.3 Å². The second-order valence-corrected chi connectivity index (χ2v) is 4.47. The van der Waals surface area contributed by atoms with Crippen LogP contribution in [-0.2, 0) is 4.74 Å². The van der Waals surface area contributed by atoms with E-state index in [0.717, 1.165) is 9.47 Å². The van der Waals surface area contributed by atoms with E-state index < -0.39 is 0 Å². The number of esters is 1. The van der Waals surface area contributed by atoms with E-state index in [0.29, 0.717) is 4.88 Å². The molecule has 0 aromatic carbocycles. The van der Waals surface area contributed by atoms with Crippen molar-refractivity contribution >= 4 is 38.9 Å². The fourth-order valence-corrected chi connectivity index (χ4v) is 2.31. The number of carbonyl (C=O) groups is 1. The third-order valence-corrected chi connectivity index (χ3v) is 2.96. The van der Waals surface area contributed by atoms with Crippen LogP contribution in [-0.4, -0.2) is 20.1 Å². The quantitative estimate of drug-likeness (QED) is 0.818. The fourth-order valence-electron chi connectivity index (χ4n) is 0.791. The van der Waals surface area contributed by atoms with Gasteiger partial charge in [0.2, 0.25) is 0 Å². The van der Waals surface area contributed by atoms with Crippen LogP contribution in [0.25, 0.3) is 0 Å². The number of rotatable bonds is 2. The maximum atomic E-state index is 11.1. The average Bonchev–Trinajstić information content (AvgIpc) is 2.45. The number of nitrogens with one attached hydrogen (secondary N) is 1. The van der Waals surface area contributed by atoms with E-state index >= 15 is 0 Å². The molecule has 0 aliphatic heterocycles. The van der Waals surface area contributed by atoms with Crippen molar-refractivity contribution in [1.82, 2.24) is 0 Å². The van der Waals surface area contributed by atoms with Crippen LogP contribution < -0.4 is 5.32 Å². The lowest BCUT2D eigenvalue weighted by Crippen LogP contribution is -2.01. The van der Waals surface area contributed by atoms with Crippen LogP contribution in [0.2, 0.25) is 0 Å². The Morgan fingerprint density at radius 3 is 2.92 bits per heavy atom. The number of methoxy groups -OCH3 is 1. The summed E-state index contributed by atoms with van der Waals surface area (Å²) in [5.41, 5.74) is 0.790. The number of anilines is 1. The molecule has 3 nitrogen and oxygen atoms in total. The van der Waals surface area contributed by atoms with Gasteiger partial charge in [-0.05, 0) is 22.0 Å². The molecule has 0 saturated heterocycles. The third-order valence-electron chi connectivity index (χ3n) is 1.34. The molecule has 0 saturated carbocycles. The zero-order valence-electron chi connectivity index (χ0n) is 6.68. The van der Waals surface area contributed by atoms with Crippen LogP contribution in [0.3, 0.4) is 0 Å². The molecule has 0 fully saturated rings. The van der Waals surface area contributed by atoms with Crippen LogP contribution in [0.1, 0.15) is 9.67 Å². The number of hydrogen-bond donors (Lipinski definition) is 1. The van der Waals surface area contributed by atoms with Gasteiger partial charge in [-0.15, -0.1) is 11.3 Å². The second-order valence-electron chi connectivity index (χ2n) is 2.03. The molecule has 0 aliphatic carbocycles. The highest BCUT2D eigenvalue weighted by Crippen LogP contribution is 2.31. The predicted molar refractivity (Wildman–Crippen MR) is 52.9 cm³/mol. The summed E-state index contributed by atoms with van der Waals surface area (Å²) < 4.78 is 5.51. The molecule has 66 valence electrons. The van der Waals surface area contributed by atoms with Crippen molar-refractivity contribution in [3.05, 3.63) is 14.7 Å². The van der Waals surface area contributed by atoms with Crippen LogP contribution in [0.4, 0.5) is 5.69 Å². The molecule has 1 heterocycles. The predicted octanol–water partition coefficient (Wildman–Crippen LogP) is 2.34. The van der Waals surface area contributed by atoms with Gasteiger partial charge in [0.05, 0.1) is 16.6 Å². The molecule has 5 heteroatoms. The van der Waals surface area contributed by atoms with Crippen molar-refractivity contribution in [3.8, 4) is 0 Å². The highest BCUT2D eigenvalue weighted by Gasteiger charge is 2.14. The SMILES string of the molecule is CNc1cc(Br)sc1C(=O)OC. The van der Waals surface area contributed by atoms with Crippen molar-refractivity contribution in [2.75, 3.05) is 19.5 Å². The largest absolute Gasteiger partial charge is 0.465 e. The standard InChI is InChI=1S/C7H8BrNO2S/c1-9-4-3-5(8)12-6(4)7(10)11-2/h3,9H,1-2H3. The molecule has 0 unspecified atom stereocenters. The number of carbonyl (C=O) groups excluding carboxylic acids is 1. The van der Waals surface area contributed by atoms with Crippen molar-refractivity contribution in [2.24, 2.45) is 0 Å². The zero-order valence-corrected chi connectivity index (χ0v) is 9.08. The summed E-state index contributed by atoms with van der Waals surface area (Å²) in [4.78, 5) is 11.7. The summed E-state index contributed by atoms with van der Waals surface area (Å²) in [6, 6.07) is 1.84. The van der Waals surface area contributed by atoms with Gasteiger partial charge in [0.1, 0.15) is 4.88 Å². The molecule has 1 N–H and O–H groups in total. The lowest BCUT2D eigenvalue weighted by atomic mass is 10.4. The molecule has 0 aliphatic rings. The number of halogens is 1. The Morgan fingerprint density at radius 1 is 1.75 bits per heavy atom. The molecular weight excluding hydrogens is 242 g/mol. The molecule has 0 bridgehead atoms. The van der Waals surface area contributed by atoms with E-state index in [9.17, 15) is 4.79 Å². The lowest BCUT2D eigenvalue weighted by molar-refractivity contribution is 0.0607. The minimum Gasteiger partial charge on any atom is -0.465 e. The van der Waals surface area contributed by atoms with Gasteiger partial charge < -0.3 is 10.1 Å². The Bertz CT molecular complexity index is 298. The molecule has 12 heavy (non-hydrogen) atoms. The summed E-state index contributed by atoms with van der Waals surface area (Å²) in [5.74, 6) is -0.310. The first-order chi connectivity index (χ1) is 5.69. The van der Waals surface area contributed by atoms with Gasteiger partial charge in [-0.25, -0.2) is 4.79 Å². The number of ether oxygens (including phenoxy) is 1. The molecular formula is C7H8BrNO2S. The molecule has 0 radical (unpaired) electrons. The Labute approximate surface area is 82.9 Å². The molecule has 0 amide bonds. The minimum atomic E-state index is -0.310. The third kappa shape index (κ3) is 1.78. The smallest absolute Gasteiger partial charge is 0.350 e. The van der Waals surface area contributed by atoms with Crippen LogP contribution in [0, 0.1) is 0 Å². The first-order valence-electron chi connectivity index (χ1n) is 3.24. The zero-order chi connectivity index (χ0) is 9.14. The van der Waals surface area contributed by atoms with E-state index in [1.54, 1.807) is 7.05 Å². The summed E-state index contributed by atoms with van der Waals surface area (Å²) in [7, 11) is 3.14. The van der Waals surface area contributed by atoms with E-state index in [1.807, 2.05) is 6.07 Å². The lowest BCUT2D eigenvalue weighted by Gasteiger charge is -1.98. The van der Waals surface area contributed by atoms with Crippen LogP contribution >= 0.6 is 27.3 Å². The Hall–Kier alpha value is -0.550. The van der Waals surface area contributed by atoms with Crippen LogP contribution in [0.5, 0.6) is 0 Å².